The highest BCUT2D eigenvalue weighted by Gasteiger charge is 2.28. The molecule has 14 heteroatoms. The van der Waals surface area contributed by atoms with Crippen molar-refractivity contribution in [3.05, 3.63) is 113 Å². The van der Waals surface area contributed by atoms with Crippen molar-refractivity contribution in [1.29, 1.82) is 5.41 Å². The summed E-state index contributed by atoms with van der Waals surface area (Å²) in [5.41, 5.74) is 2.26. The molecule has 0 aliphatic heterocycles. The standard InChI is InChI=1S/C29H24F7N5O2/c1-2-18(24(37)27(33)34)26(28(35)36)40-13-23(42)41-22(10-14-8-16(30)12-17(31)9-14)25-19(4-3-7-39-25)15-5-6-21(32)20(11-15)29(38)43/h2-9,11-12,22,27-28,37,40H,1,10,13H2,(H2,38,43)(H,41,42)/p+1/b26-18-,37-24?/t22-/m0/s1. The first-order chi connectivity index (χ1) is 20.3. The van der Waals surface area contributed by atoms with E-state index in [-0.39, 0.29) is 28.8 Å². The number of aromatic nitrogens is 1. The SMILES string of the molecule is C=C/C(C(=N)C(F)F)=C(/[NH2+]CC(=O)N[C@@H](Cc1cc(F)cc(F)c1)c1ncccc1-c1ccc(F)c(C(N)=O)c1)C(F)F. The van der Waals surface area contributed by atoms with E-state index in [0.717, 1.165) is 24.3 Å². The number of quaternary nitrogens is 1. The lowest BCUT2D eigenvalue weighted by Crippen LogP contribution is -2.86. The molecule has 2 aromatic carbocycles. The number of alkyl halides is 4. The van der Waals surface area contributed by atoms with Crippen molar-refractivity contribution in [1.82, 2.24) is 10.3 Å². The number of benzene rings is 2. The number of primary amides is 1. The number of nitrogens with zero attached hydrogens (tertiary/aromatic N) is 1. The maximum Gasteiger partial charge on any atom is 0.311 e. The minimum atomic E-state index is -3.37. The number of allylic oxidation sites excluding steroid dienone is 3. The average Bonchev–Trinajstić information content (AvgIpc) is 2.94. The van der Waals surface area contributed by atoms with Crippen LogP contribution in [0, 0.1) is 22.9 Å². The van der Waals surface area contributed by atoms with E-state index in [2.05, 4.69) is 16.9 Å². The van der Waals surface area contributed by atoms with Crippen LogP contribution < -0.4 is 16.4 Å². The normalized spacial score (nSPS) is 12.6. The molecule has 0 radical (unpaired) electrons. The van der Waals surface area contributed by atoms with E-state index in [1.54, 1.807) is 0 Å². The number of nitrogens with two attached hydrogens (primary N) is 2. The van der Waals surface area contributed by atoms with Crippen LogP contribution in [-0.2, 0) is 11.2 Å². The van der Waals surface area contributed by atoms with E-state index in [0.29, 0.717) is 17.5 Å². The zero-order valence-electron chi connectivity index (χ0n) is 22.2. The molecule has 6 N–H and O–H groups in total. The molecule has 0 aliphatic rings. The molecule has 3 rings (SSSR count). The van der Waals surface area contributed by atoms with Gasteiger partial charge in [0.05, 0.1) is 22.9 Å². The molecule has 43 heavy (non-hydrogen) atoms. The van der Waals surface area contributed by atoms with Gasteiger partial charge in [-0.2, -0.15) is 8.78 Å². The van der Waals surface area contributed by atoms with Gasteiger partial charge in [0, 0.05) is 17.8 Å². The smallest absolute Gasteiger partial charge is 0.311 e. The van der Waals surface area contributed by atoms with Crippen LogP contribution in [0.3, 0.4) is 0 Å². The van der Waals surface area contributed by atoms with Gasteiger partial charge < -0.3 is 16.4 Å². The lowest BCUT2D eigenvalue weighted by atomic mass is 9.94. The van der Waals surface area contributed by atoms with E-state index in [9.17, 15) is 40.3 Å². The molecule has 0 bridgehead atoms. The molecule has 1 heterocycles. The molecule has 0 spiro atoms. The first-order valence-electron chi connectivity index (χ1n) is 12.5. The summed E-state index contributed by atoms with van der Waals surface area (Å²) in [6.07, 6.45) is -4.97. The molecular formula is C29H25F7N5O2+. The Morgan fingerprint density at radius 1 is 1.02 bits per heavy atom. The van der Waals surface area contributed by atoms with Crippen LogP contribution in [0.2, 0.25) is 0 Å². The predicted molar refractivity (Wildman–Crippen MR) is 143 cm³/mol. The van der Waals surface area contributed by atoms with Crippen LogP contribution in [0.25, 0.3) is 11.1 Å². The van der Waals surface area contributed by atoms with E-state index < -0.39 is 77.2 Å². The number of carbonyl (C=O) groups is 2. The number of pyridine rings is 1. The van der Waals surface area contributed by atoms with Crippen LogP contribution in [-0.4, -0.2) is 41.9 Å². The molecular weight excluding hydrogens is 583 g/mol. The molecule has 7 nitrogen and oxygen atoms in total. The number of nitrogens with one attached hydrogen (secondary N) is 2. The van der Waals surface area contributed by atoms with Gasteiger partial charge in [0.15, 0.2) is 12.2 Å². The monoisotopic (exact) mass is 608 g/mol. The van der Waals surface area contributed by atoms with Crippen molar-refractivity contribution in [3.8, 4) is 11.1 Å². The highest BCUT2D eigenvalue weighted by molar-refractivity contribution is 6.02. The Morgan fingerprint density at radius 2 is 1.70 bits per heavy atom. The highest BCUT2D eigenvalue weighted by Crippen LogP contribution is 2.30. The van der Waals surface area contributed by atoms with Gasteiger partial charge in [0.1, 0.15) is 23.2 Å². The number of carbonyl (C=O) groups excluding carboxylic acids is 2. The lowest BCUT2D eigenvalue weighted by molar-refractivity contribution is -0.604. The van der Waals surface area contributed by atoms with Crippen molar-refractivity contribution in [2.45, 2.75) is 25.3 Å². The second kappa shape index (κ2) is 14.4. The van der Waals surface area contributed by atoms with Crippen LogP contribution in [0.1, 0.15) is 27.7 Å². The number of hydrogen-bond donors (Lipinski definition) is 4. The van der Waals surface area contributed by atoms with Gasteiger partial charge in [-0.15, -0.1) is 0 Å². The van der Waals surface area contributed by atoms with Gasteiger partial charge in [0.25, 0.3) is 18.2 Å². The van der Waals surface area contributed by atoms with E-state index in [1.165, 1.54) is 24.4 Å². The fourth-order valence-electron chi connectivity index (χ4n) is 4.27. The van der Waals surface area contributed by atoms with Crippen LogP contribution in [0.15, 0.2) is 78.7 Å². The van der Waals surface area contributed by atoms with Crippen molar-refractivity contribution < 1.29 is 45.6 Å². The average molecular weight is 609 g/mol. The Hall–Kier alpha value is -4.85. The number of hydrogen-bond acceptors (Lipinski definition) is 4. The fraction of sp³-hybridized carbons (Fsp3) is 0.172. The van der Waals surface area contributed by atoms with Crippen molar-refractivity contribution in [2.75, 3.05) is 6.54 Å². The second-order valence-electron chi connectivity index (χ2n) is 9.09. The van der Waals surface area contributed by atoms with Gasteiger partial charge in [-0.05, 0) is 47.9 Å². The largest absolute Gasteiger partial charge is 0.366 e. The maximum atomic E-state index is 14.1. The van der Waals surface area contributed by atoms with Crippen molar-refractivity contribution in [3.63, 3.8) is 0 Å². The van der Waals surface area contributed by atoms with Crippen LogP contribution in [0.5, 0.6) is 0 Å². The predicted octanol–water partition coefficient (Wildman–Crippen LogP) is 4.22. The molecule has 0 aliphatic carbocycles. The highest BCUT2D eigenvalue weighted by atomic mass is 19.3. The van der Waals surface area contributed by atoms with E-state index in [1.807, 2.05) is 0 Å². The molecule has 226 valence electrons. The molecule has 0 saturated carbocycles. The van der Waals surface area contributed by atoms with Gasteiger partial charge in [-0.3, -0.25) is 20.0 Å². The van der Waals surface area contributed by atoms with Gasteiger partial charge in [-0.1, -0.05) is 24.8 Å². The topological polar surface area (TPSA) is 126 Å². The molecule has 1 aromatic heterocycles. The summed E-state index contributed by atoms with van der Waals surface area (Å²) in [7, 11) is 0. The molecule has 0 fully saturated rings. The minimum absolute atomic E-state index is 0.0767. The van der Waals surface area contributed by atoms with Gasteiger partial charge in [-0.25, -0.2) is 22.0 Å². The van der Waals surface area contributed by atoms with Crippen molar-refractivity contribution in [2.24, 2.45) is 5.73 Å². The molecule has 3 aromatic rings. The summed E-state index contributed by atoms with van der Waals surface area (Å²) in [5, 5.41) is 10.6. The second-order valence-corrected chi connectivity index (χ2v) is 9.09. The zero-order valence-corrected chi connectivity index (χ0v) is 22.2. The van der Waals surface area contributed by atoms with E-state index >= 15 is 0 Å². The van der Waals surface area contributed by atoms with Gasteiger partial charge >= 0.3 is 6.43 Å². The van der Waals surface area contributed by atoms with E-state index in [4.69, 9.17) is 11.1 Å². The molecule has 0 unspecified atom stereocenters. The lowest BCUT2D eigenvalue weighted by Gasteiger charge is -2.22. The zero-order chi connectivity index (χ0) is 31.8. The summed E-state index contributed by atoms with van der Waals surface area (Å²) < 4.78 is 95.6. The quantitative estimate of drug-likeness (QED) is 0.132. The molecule has 2 amide bonds. The van der Waals surface area contributed by atoms with Crippen LogP contribution >= 0.6 is 0 Å². The Labute approximate surface area is 240 Å². The number of rotatable bonds is 13. The number of halogens is 7. The number of amides is 2. The first-order valence-corrected chi connectivity index (χ1v) is 12.5. The Bertz CT molecular complexity index is 1560. The van der Waals surface area contributed by atoms with Gasteiger partial charge in [0.2, 0.25) is 0 Å². The molecule has 0 saturated heterocycles. The third-order valence-corrected chi connectivity index (χ3v) is 6.17. The minimum Gasteiger partial charge on any atom is -0.366 e. The summed E-state index contributed by atoms with van der Waals surface area (Å²) >= 11 is 0. The summed E-state index contributed by atoms with van der Waals surface area (Å²) in [5.74, 6) is -4.68. The Kier molecular flexibility index (Phi) is 10.9. The maximum absolute atomic E-state index is 14.1. The summed E-state index contributed by atoms with van der Waals surface area (Å²) in [6.45, 7) is 2.43. The third kappa shape index (κ3) is 8.35. The molecule has 1 atom stereocenters. The summed E-state index contributed by atoms with van der Waals surface area (Å²) in [6, 6.07) is 7.94. The summed E-state index contributed by atoms with van der Waals surface area (Å²) in [4.78, 5) is 29.0. The Morgan fingerprint density at radius 3 is 2.28 bits per heavy atom. The van der Waals surface area contributed by atoms with Crippen molar-refractivity contribution >= 4 is 17.5 Å². The Balaban J connectivity index is 2.02. The fourth-order valence-corrected chi connectivity index (χ4v) is 4.27. The third-order valence-electron chi connectivity index (χ3n) is 6.17. The van der Waals surface area contributed by atoms with Crippen LogP contribution in [0.4, 0.5) is 30.7 Å². The first kappa shape index (κ1) is 32.7.